The van der Waals surface area contributed by atoms with Crippen molar-refractivity contribution >= 4 is 0 Å². The van der Waals surface area contributed by atoms with Crippen molar-refractivity contribution in [2.75, 3.05) is 0 Å². The number of rotatable bonds is 0. The van der Waals surface area contributed by atoms with E-state index in [4.69, 9.17) is 5.26 Å². The normalized spacial score (nSPS) is 12.4. The lowest BCUT2D eigenvalue weighted by Crippen LogP contribution is -2.03. The zero-order valence-corrected chi connectivity index (χ0v) is 9.27. The number of aryl methyl sites for hydroxylation is 2. The van der Waals surface area contributed by atoms with Crippen LogP contribution in [0, 0.1) is 11.3 Å². The lowest BCUT2D eigenvalue weighted by molar-refractivity contribution is 0.474. The minimum Gasteiger partial charge on any atom is -0.508 e. The number of hydrogen-bond donors (Lipinski definition) is 1. The van der Waals surface area contributed by atoms with Gasteiger partial charge < -0.3 is 5.11 Å². The molecule has 17 heavy (non-hydrogen) atoms. The molecule has 0 spiro atoms. The number of nitriles is 1. The minimum atomic E-state index is 0.320. The van der Waals surface area contributed by atoms with Gasteiger partial charge in [-0.15, -0.1) is 0 Å². The second-order valence-corrected chi connectivity index (χ2v) is 4.33. The lowest BCUT2D eigenvalue weighted by atomic mass is 9.85. The maximum absolute atomic E-state index is 9.48. The van der Waals surface area contributed by atoms with Crippen LogP contribution in [0.3, 0.4) is 0 Å². The van der Waals surface area contributed by atoms with Crippen molar-refractivity contribution in [3.63, 3.8) is 0 Å². The summed E-state index contributed by atoms with van der Waals surface area (Å²) in [4.78, 5) is 0. The van der Waals surface area contributed by atoms with E-state index in [0.717, 1.165) is 12.8 Å². The van der Waals surface area contributed by atoms with Crippen molar-refractivity contribution < 1.29 is 5.11 Å². The van der Waals surface area contributed by atoms with Gasteiger partial charge in [0.15, 0.2) is 0 Å². The van der Waals surface area contributed by atoms with Crippen molar-refractivity contribution in [2.24, 2.45) is 0 Å². The van der Waals surface area contributed by atoms with Crippen LogP contribution in [0.15, 0.2) is 36.4 Å². The Hall–Kier alpha value is -2.27. The first-order valence-corrected chi connectivity index (χ1v) is 5.63. The van der Waals surface area contributed by atoms with E-state index in [0.29, 0.717) is 11.3 Å². The molecule has 0 amide bonds. The molecule has 0 aliphatic heterocycles. The Bertz CT molecular complexity index is 638. The van der Waals surface area contributed by atoms with Crippen LogP contribution in [-0.4, -0.2) is 5.11 Å². The second-order valence-electron chi connectivity index (χ2n) is 4.33. The lowest BCUT2D eigenvalue weighted by Gasteiger charge is -2.20. The fraction of sp³-hybridized carbons (Fsp3) is 0.133. The third-order valence-corrected chi connectivity index (χ3v) is 3.28. The SMILES string of the molecule is N#Cc1ccc2c(c1)CCc1cc(O)ccc1-2. The number of fused-ring (bicyclic) bond motifs is 3. The van der Waals surface area contributed by atoms with Crippen LogP contribution in [0.1, 0.15) is 16.7 Å². The summed E-state index contributed by atoms with van der Waals surface area (Å²) in [5.74, 6) is 0.320. The van der Waals surface area contributed by atoms with Crippen molar-refractivity contribution in [1.82, 2.24) is 0 Å². The quantitative estimate of drug-likeness (QED) is 0.743. The molecule has 0 fully saturated rings. The molecule has 1 aliphatic rings. The Kier molecular flexibility index (Phi) is 2.12. The molecular weight excluding hydrogens is 210 g/mol. The molecule has 2 aromatic carbocycles. The maximum Gasteiger partial charge on any atom is 0.115 e. The standard InChI is InChI=1S/C15H11NO/c16-9-10-1-5-14-11(7-10)2-3-12-8-13(17)4-6-15(12)14/h1,4-8,17H,2-3H2. The molecule has 0 bridgehead atoms. The van der Waals surface area contributed by atoms with Gasteiger partial charge in [0.25, 0.3) is 0 Å². The molecule has 2 aromatic rings. The molecule has 3 rings (SSSR count). The molecule has 0 aromatic heterocycles. The monoisotopic (exact) mass is 221 g/mol. The van der Waals surface area contributed by atoms with Crippen LogP contribution in [0.25, 0.3) is 11.1 Å². The summed E-state index contributed by atoms with van der Waals surface area (Å²) in [5.41, 5.74) is 5.48. The van der Waals surface area contributed by atoms with E-state index in [1.807, 2.05) is 30.3 Å². The molecule has 0 saturated heterocycles. The molecular formula is C15H11NO. The Morgan fingerprint density at radius 1 is 0.941 bits per heavy atom. The number of phenols is 1. The summed E-state index contributed by atoms with van der Waals surface area (Å²) >= 11 is 0. The van der Waals surface area contributed by atoms with Crippen LogP contribution in [0.5, 0.6) is 5.75 Å². The summed E-state index contributed by atoms with van der Waals surface area (Å²) < 4.78 is 0. The van der Waals surface area contributed by atoms with E-state index in [2.05, 4.69) is 6.07 Å². The highest BCUT2D eigenvalue weighted by atomic mass is 16.3. The molecule has 0 heterocycles. The van der Waals surface area contributed by atoms with Gasteiger partial charge in [-0.2, -0.15) is 5.26 Å². The van der Waals surface area contributed by atoms with Gasteiger partial charge in [-0.3, -0.25) is 0 Å². The molecule has 82 valence electrons. The van der Waals surface area contributed by atoms with Gasteiger partial charge in [0.2, 0.25) is 0 Å². The first-order valence-electron chi connectivity index (χ1n) is 5.63. The zero-order chi connectivity index (χ0) is 11.8. The van der Waals surface area contributed by atoms with E-state index in [1.165, 1.54) is 22.3 Å². The Morgan fingerprint density at radius 3 is 2.29 bits per heavy atom. The predicted octanol–water partition coefficient (Wildman–Crippen LogP) is 3.03. The molecule has 2 heteroatoms. The third kappa shape index (κ3) is 1.57. The van der Waals surface area contributed by atoms with Crippen molar-refractivity contribution in [1.29, 1.82) is 5.26 Å². The molecule has 0 unspecified atom stereocenters. The number of aromatic hydroxyl groups is 1. The molecule has 2 nitrogen and oxygen atoms in total. The van der Waals surface area contributed by atoms with Gasteiger partial charge in [-0.05, 0) is 59.4 Å². The summed E-state index contributed by atoms with van der Waals surface area (Å²) in [7, 11) is 0. The molecule has 0 radical (unpaired) electrons. The second kappa shape index (κ2) is 3.64. The van der Waals surface area contributed by atoms with Gasteiger partial charge in [-0.25, -0.2) is 0 Å². The Morgan fingerprint density at radius 2 is 1.59 bits per heavy atom. The van der Waals surface area contributed by atoms with E-state index in [-0.39, 0.29) is 0 Å². The topological polar surface area (TPSA) is 44.0 Å². The van der Waals surface area contributed by atoms with Crippen LogP contribution in [0.2, 0.25) is 0 Å². The fourth-order valence-corrected chi connectivity index (χ4v) is 2.45. The molecule has 1 aliphatic carbocycles. The first kappa shape index (κ1) is 9.92. The molecule has 0 atom stereocenters. The summed E-state index contributed by atoms with van der Waals surface area (Å²) in [6, 6.07) is 13.5. The highest BCUT2D eigenvalue weighted by molar-refractivity contribution is 5.74. The zero-order valence-electron chi connectivity index (χ0n) is 9.27. The Labute approximate surface area is 99.8 Å². The van der Waals surface area contributed by atoms with Crippen LogP contribution < -0.4 is 0 Å². The number of benzene rings is 2. The van der Waals surface area contributed by atoms with Crippen molar-refractivity contribution in [2.45, 2.75) is 12.8 Å². The van der Waals surface area contributed by atoms with Crippen molar-refractivity contribution in [3.8, 4) is 22.9 Å². The smallest absolute Gasteiger partial charge is 0.115 e. The average molecular weight is 221 g/mol. The summed E-state index contributed by atoms with van der Waals surface area (Å²) in [6.07, 6.45) is 1.85. The summed E-state index contributed by atoms with van der Waals surface area (Å²) in [6.45, 7) is 0. The van der Waals surface area contributed by atoms with Gasteiger partial charge in [0.1, 0.15) is 5.75 Å². The average Bonchev–Trinajstić information content (AvgIpc) is 2.37. The highest BCUT2D eigenvalue weighted by Gasteiger charge is 2.16. The van der Waals surface area contributed by atoms with Gasteiger partial charge in [0, 0.05) is 0 Å². The predicted molar refractivity (Wildman–Crippen MR) is 65.7 cm³/mol. The summed E-state index contributed by atoms with van der Waals surface area (Å²) in [5, 5.41) is 18.4. The van der Waals surface area contributed by atoms with Crippen LogP contribution in [0.4, 0.5) is 0 Å². The maximum atomic E-state index is 9.48. The van der Waals surface area contributed by atoms with Gasteiger partial charge in [-0.1, -0.05) is 12.1 Å². The van der Waals surface area contributed by atoms with Gasteiger partial charge >= 0.3 is 0 Å². The van der Waals surface area contributed by atoms with Crippen molar-refractivity contribution in [3.05, 3.63) is 53.1 Å². The minimum absolute atomic E-state index is 0.320. The number of hydrogen-bond acceptors (Lipinski definition) is 2. The molecule has 1 N–H and O–H groups in total. The van der Waals surface area contributed by atoms with Crippen LogP contribution in [-0.2, 0) is 12.8 Å². The largest absolute Gasteiger partial charge is 0.508 e. The number of nitrogens with zero attached hydrogens (tertiary/aromatic N) is 1. The Balaban J connectivity index is 2.21. The fourth-order valence-electron chi connectivity index (χ4n) is 2.45. The third-order valence-electron chi connectivity index (χ3n) is 3.28. The van der Waals surface area contributed by atoms with E-state index in [9.17, 15) is 5.11 Å². The van der Waals surface area contributed by atoms with E-state index in [1.54, 1.807) is 6.07 Å². The molecule has 0 saturated carbocycles. The van der Waals surface area contributed by atoms with Gasteiger partial charge in [0.05, 0.1) is 11.6 Å². The van der Waals surface area contributed by atoms with E-state index < -0.39 is 0 Å². The number of phenolic OH excluding ortho intramolecular Hbond substituents is 1. The van der Waals surface area contributed by atoms with Crippen LogP contribution >= 0.6 is 0 Å². The highest BCUT2D eigenvalue weighted by Crippen LogP contribution is 2.35. The first-order chi connectivity index (χ1) is 8.28. The van der Waals surface area contributed by atoms with E-state index >= 15 is 0 Å².